The van der Waals surface area contributed by atoms with Crippen molar-refractivity contribution in [3.63, 3.8) is 0 Å². The molecular weight excluding hydrogens is 1040 g/mol. The van der Waals surface area contributed by atoms with Gasteiger partial charge in [-0.3, -0.25) is 5.41 Å². The molecule has 5 atom stereocenters. The zero-order valence-corrected chi connectivity index (χ0v) is 47.8. The molecule has 0 saturated carbocycles. The van der Waals surface area contributed by atoms with E-state index < -0.39 is 72.7 Å². The molecule has 16 heteroatoms. The van der Waals surface area contributed by atoms with Gasteiger partial charge in [-0.1, -0.05) is 117 Å². The zero-order valence-electron chi connectivity index (χ0n) is 47.8. The van der Waals surface area contributed by atoms with E-state index in [9.17, 15) is 29.4 Å². The van der Waals surface area contributed by atoms with Crippen LogP contribution in [0, 0.1) is 23.7 Å². The standard InChI is InChI=1S/C66H76N4O12/c1-44(2)54(67)52(41-51-32-31-46(40-45(51)3)22-19-20-36-69-37-21-33-66(43-69)34-38-70(39-35-66)64(75)82-65(4,5)6)58(68)81-63-57(80-62(74)50-29-17-10-18-30-50)56(79-61(73)49-27-15-9-16-28-49)55(78-60(72)48-25-13-8-14-26-48)53(77-63)42-76-59(71)47-23-11-7-12-24-47/h7-19,22-32,40,44,53,55-57,63,68H,20-21,33-39,41-43,67H2,1-6H3/b22-19+,54-52-,68-58?/t53-,55-,56+,57-,63+/m1/s1. The van der Waals surface area contributed by atoms with Gasteiger partial charge in [-0.05, 0) is 143 Å². The first-order valence-electron chi connectivity index (χ1n) is 28.2. The second kappa shape index (κ2) is 27.6. The SMILES string of the molecule is Cc1cc(/C=C/CCN2CCCC3(CCN(C(=O)OC(C)(C)C)CC3)C2)ccc1C/C(C(=N)O[C@@H]1O[C@H](COC(=O)c2ccccc2)[C@@H](OC(=O)c2ccccc2)[C@H](OC(=O)c2ccccc2)[C@H]1OC(=O)c1ccccc1)=C(/N)C(C)C. The van der Waals surface area contributed by atoms with Crippen molar-refractivity contribution in [3.05, 3.63) is 196 Å². The van der Waals surface area contributed by atoms with Crippen molar-refractivity contribution in [1.29, 1.82) is 5.41 Å². The molecule has 0 bridgehead atoms. The third-order valence-corrected chi connectivity index (χ3v) is 15.1. The average Bonchev–Trinajstić information content (AvgIpc) is 3.66. The number of benzene rings is 5. The first-order valence-corrected chi connectivity index (χ1v) is 28.2. The number of allylic oxidation sites excluding steroid dienone is 1. The molecular formula is C66H76N4O12. The average molecular weight is 1120 g/mol. The number of amides is 1. The highest BCUT2D eigenvalue weighted by Crippen LogP contribution is 2.40. The number of likely N-dealkylation sites (tertiary alicyclic amines) is 2. The quantitative estimate of drug-likeness (QED) is 0.0362. The van der Waals surface area contributed by atoms with E-state index in [0.717, 1.165) is 75.1 Å². The second-order valence-electron chi connectivity index (χ2n) is 22.7. The predicted molar refractivity (Wildman–Crippen MR) is 311 cm³/mol. The van der Waals surface area contributed by atoms with Crippen molar-refractivity contribution >= 4 is 41.9 Å². The van der Waals surface area contributed by atoms with Gasteiger partial charge >= 0.3 is 30.0 Å². The Balaban J connectivity index is 1.03. The minimum absolute atomic E-state index is 0.126. The highest BCUT2D eigenvalue weighted by Gasteiger charge is 2.55. The van der Waals surface area contributed by atoms with Crippen LogP contribution in [-0.2, 0) is 39.6 Å². The van der Waals surface area contributed by atoms with E-state index in [0.29, 0.717) is 11.3 Å². The third-order valence-electron chi connectivity index (χ3n) is 15.1. The Morgan fingerprint density at radius 2 is 1.22 bits per heavy atom. The number of nitrogens with zero attached hydrogens (tertiary/aromatic N) is 2. The topological polar surface area (TPSA) is 206 Å². The van der Waals surface area contributed by atoms with Gasteiger partial charge in [0.2, 0.25) is 18.3 Å². The molecule has 8 rings (SSSR count). The number of rotatable bonds is 18. The molecule has 3 fully saturated rings. The fourth-order valence-electron chi connectivity index (χ4n) is 10.6. The van der Waals surface area contributed by atoms with Crippen molar-refractivity contribution in [1.82, 2.24) is 9.80 Å². The monoisotopic (exact) mass is 1120 g/mol. The van der Waals surface area contributed by atoms with Gasteiger partial charge in [0.1, 0.15) is 18.3 Å². The molecule has 3 N–H and O–H groups in total. The van der Waals surface area contributed by atoms with E-state index >= 15 is 0 Å². The smallest absolute Gasteiger partial charge is 0.410 e. The van der Waals surface area contributed by atoms with Gasteiger partial charge in [-0.25, -0.2) is 24.0 Å². The van der Waals surface area contributed by atoms with Gasteiger partial charge in [-0.15, -0.1) is 0 Å². The van der Waals surface area contributed by atoms with Crippen molar-refractivity contribution in [2.24, 2.45) is 17.1 Å². The normalized spacial score (nSPS) is 20.3. The van der Waals surface area contributed by atoms with Crippen molar-refractivity contribution in [3.8, 4) is 0 Å². The van der Waals surface area contributed by atoms with Crippen LogP contribution >= 0.6 is 0 Å². The van der Waals surface area contributed by atoms with Crippen LogP contribution in [0.5, 0.6) is 0 Å². The lowest BCUT2D eigenvalue weighted by molar-refractivity contribution is -0.279. The summed E-state index contributed by atoms with van der Waals surface area (Å²) in [7, 11) is 0. The van der Waals surface area contributed by atoms with Crippen LogP contribution in [0.15, 0.2) is 157 Å². The van der Waals surface area contributed by atoms with Gasteiger partial charge in [-0.2, -0.15) is 0 Å². The van der Waals surface area contributed by atoms with E-state index in [1.807, 2.05) is 58.6 Å². The molecule has 3 heterocycles. The van der Waals surface area contributed by atoms with E-state index in [1.165, 1.54) is 42.8 Å². The number of esters is 4. The summed E-state index contributed by atoms with van der Waals surface area (Å²) in [4.78, 5) is 73.2. The molecule has 1 spiro atoms. The Kier molecular flexibility index (Phi) is 20.2. The number of nitrogens with two attached hydrogens (primary N) is 1. The molecule has 0 aromatic heterocycles. The van der Waals surface area contributed by atoms with Crippen LogP contribution in [0.4, 0.5) is 4.79 Å². The van der Waals surface area contributed by atoms with Gasteiger partial charge in [0.25, 0.3) is 0 Å². The molecule has 16 nitrogen and oxygen atoms in total. The van der Waals surface area contributed by atoms with E-state index in [4.69, 9.17) is 38.9 Å². The molecule has 3 saturated heterocycles. The van der Waals surface area contributed by atoms with Crippen molar-refractivity contribution in [2.75, 3.05) is 39.3 Å². The summed E-state index contributed by atoms with van der Waals surface area (Å²) in [6.07, 6.45) is 1.19. The third kappa shape index (κ3) is 16.1. The lowest BCUT2D eigenvalue weighted by Crippen LogP contribution is -2.63. The van der Waals surface area contributed by atoms with Crippen molar-refractivity contribution < 1.29 is 57.1 Å². The number of ether oxygens (including phenoxy) is 7. The molecule has 0 aliphatic carbocycles. The minimum Gasteiger partial charge on any atom is -0.459 e. The molecule has 0 unspecified atom stereocenters. The predicted octanol–water partition coefficient (Wildman–Crippen LogP) is 11.2. The highest BCUT2D eigenvalue weighted by molar-refractivity contribution is 5.93. The number of hydrogen-bond donors (Lipinski definition) is 2. The van der Waals surface area contributed by atoms with E-state index in [-0.39, 0.29) is 46.1 Å². The molecule has 1 amide bonds. The maximum Gasteiger partial charge on any atom is 0.410 e. The van der Waals surface area contributed by atoms with Crippen LogP contribution in [0.1, 0.15) is 125 Å². The molecule has 5 aromatic carbocycles. The summed E-state index contributed by atoms with van der Waals surface area (Å²) in [6, 6.07) is 38.6. The Bertz CT molecular complexity index is 3060. The Morgan fingerprint density at radius 1 is 0.695 bits per heavy atom. The fraction of sp³-hybridized carbons (Fsp3) is 0.394. The summed E-state index contributed by atoms with van der Waals surface area (Å²) < 4.78 is 43.3. The molecule has 82 heavy (non-hydrogen) atoms. The number of carbonyl (C=O) groups excluding carboxylic acids is 5. The highest BCUT2D eigenvalue weighted by atomic mass is 16.7. The van der Waals surface area contributed by atoms with Crippen LogP contribution in [-0.4, -0.2) is 121 Å². The lowest BCUT2D eigenvalue weighted by Gasteiger charge is -2.47. The number of aryl methyl sites for hydroxylation is 1. The van der Waals surface area contributed by atoms with Gasteiger partial charge in [0.05, 0.1) is 22.3 Å². The molecule has 5 aromatic rings. The summed E-state index contributed by atoms with van der Waals surface area (Å²) in [6.45, 7) is 15.4. The first kappa shape index (κ1) is 60.0. The fourth-order valence-corrected chi connectivity index (χ4v) is 10.6. The number of piperidine rings is 2. The van der Waals surface area contributed by atoms with E-state index in [2.05, 4.69) is 23.1 Å². The molecule has 432 valence electrons. The minimum atomic E-state index is -1.75. The number of carbonyl (C=O) groups is 5. The van der Waals surface area contributed by atoms with Crippen LogP contribution < -0.4 is 5.73 Å². The first-order chi connectivity index (χ1) is 39.3. The number of hydrogen-bond acceptors (Lipinski definition) is 15. The maximum absolute atomic E-state index is 14.2. The van der Waals surface area contributed by atoms with Crippen molar-refractivity contribution in [2.45, 2.75) is 116 Å². The summed E-state index contributed by atoms with van der Waals surface area (Å²) >= 11 is 0. The Morgan fingerprint density at radius 3 is 1.74 bits per heavy atom. The molecule has 3 aliphatic heterocycles. The van der Waals surface area contributed by atoms with Crippen LogP contribution in [0.25, 0.3) is 6.08 Å². The van der Waals surface area contributed by atoms with Crippen LogP contribution in [0.3, 0.4) is 0 Å². The summed E-state index contributed by atoms with van der Waals surface area (Å²) in [5.74, 6) is -4.00. The Labute approximate surface area is 481 Å². The summed E-state index contributed by atoms with van der Waals surface area (Å²) in [5, 5.41) is 9.69. The largest absolute Gasteiger partial charge is 0.459 e. The molecule has 0 radical (unpaired) electrons. The Hall–Kier alpha value is -8.08. The zero-order chi connectivity index (χ0) is 58.4. The summed E-state index contributed by atoms with van der Waals surface area (Å²) in [5.41, 5.74) is 10.7. The van der Waals surface area contributed by atoms with Gasteiger partial charge < -0.3 is 48.7 Å². The lowest BCUT2D eigenvalue weighted by atomic mass is 9.72. The maximum atomic E-state index is 14.2. The van der Waals surface area contributed by atoms with Crippen LogP contribution in [0.2, 0.25) is 0 Å². The second-order valence-corrected chi connectivity index (χ2v) is 22.7. The number of nitrogens with one attached hydrogen (secondary N) is 1. The molecule has 3 aliphatic rings. The van der Waals surface area contributed by atoms with Gasteiger partial charge in [0, 0.05) is 43.9 Å². The van der Waals surface area contributed by atoms with E-state index in [1.54, 1.807) is 84.9 Å². The van der Waals surface area contributed by atoms with Gasteiger partial charge in [0.15, 0.2) is 12.2 Å².